The highest BCUT2D eigenvalue weighted by Gasteiger charge is 2.11. The fourth-order valence-electron chi connectivity index (χ4n) is 2.20. The van der Waals surface area contributed by atoms with Gasteiger partial charge in [-0.05, 0) is 43.4 Å². The highest BCUT2D eigenvalue weighted by molar-refractivity contribution is 5.52. The van der Waals surface area contributed by atoms with Gasteiger partial charge >= 0.3 is 0 Å². The highest BCUT2D eigenvalue weighted by atomic mass is 14.6. The molecule has 1 unspecified atom stereocenters. The third-order valence-electron chi connectivity index (χ3n) is 3.09. The third kappa shape index (κ3) is 2.54. The molecule has 0 aliphatic heterocycles. The molecule has 0 saturated heterocycles. The summed E-state index contributed by atoms with van der Waals surface area (Å²) in [5, 5.41) is 0. The van der Waals surface area contributed by atoms with Crippen LogP contribution in [0.15, 0.2) is 42.5 Å². The number of rotatable bonds is 1. The second-order valence-electron chi connectivity index (χ2n) is 4.45. The average Bonchev–Trinajstić information content (AvgIpc) is 2.19. The van der Waals surface area contributed by atoms with Gasteiger partial charge in [-0.25, -0.2) is 0 Å². The number of nitrogens with two attached hydrogens (primary N) is 1. The predicted molar refractivity (Wildman–Crippen MR) is 70.5 cm³/mol. The molecule has 1 aliphatic carbocycles. The summed E-state index contributed by atoms with van der Waals surface area (Å²) in [6.07, 6.45) is 12.4. The van der Waals surface area contributed by atoms with Gasteiger partial charge in [-0.15, -0.1) is 0 Å². The Morgan fingerprint density at radius 3 is 2.88 bits per heavy atom. The molecule has 0 fully saturated rings. The van der Waals surface area contributed by atoms with Gasteiger partial charge in [-0.1, -0.05) is 36.4 Å². The molecule has 2 N–H and O–H groups in total. The largest absolute Gasteiger partial charge is 0.398 e. The lowest BCUT2D eigenvalue weighted by Gasteiger charge is -2.16. The van der Waals surface area contributed by atoms with Gasteiger partial charge in [-0.3, -0.25) is 0 Å². The minimum absolute atomic E-state index is 0.477. The Morgan fingerprint density at radius 1 is 1.19 bits per heavy atom. The van der Waals surface area contributed by atoms with Gasteiger partial charge in [0.15, 0.2) is 0 Å². The van der Waals surface area contributed by atoms with Crippen LogP contribution in [0.5, 0.6) is 0 Å². The van der Waals surface area contributed by atoms with E-state index in [0.717, 1.165) is 24.9 Å². The van der Waals surface area contributed by atoms with Crippen molar-refractivity contribution in [2.45, 2.75) is 32.1 Å². The molecule has 1 aromatic carbocycles. The molecule has 0 radical (unpaired) electrons. The van der Waals surface area contributed by atoms with Gasteiger partial charge in [0.05, 0.1) is 0 Å². The van der Waals surface area contributed by atoms with E-state index in [4.69, 9.17) is 5.73 Å². The van der Waals surface area contributed by atoms with Gasteiger partial charge in [0.2, 0.25) is 0 Å². The first kappa shape index (κ1) is 11.0. The zero-order valence-corrected chi connectivity index (χ0v) is 9.82. The lowest BCUT2D eigenvalue weighted by Crippen LogP contribution is -2.01. The number of allylic oxidation sites excluding steroid dienone is 4. The summed E-state index contributed by atoms with van der Waals surface area (Å²) in [5.41, 5.74) is 9.53. The Hall–Kier alpha value is -1.50. The summed E-state index contributed by atoms with van der Waals surface area (Å²) in [6, 6.07) is 6.39. The average molecular weight is 213 g/mol. The second-order valence-corrected chi connectivity index (χ2v) is 4.45. The van der Waals surface area contributed by atoms with E-state index in [2.05, 4.69) is 49.4 Å². The fraction of sp³-hybridized carbons (Fsp3) is 0.333. The zero-order valence-electron chi connectivity index (χ0n) is 9.82. The SMILES string of the molecule is Cc1ccc(C2/C=C\C/C=C\CC2)c(N)c1. The van der Waals surface area contributed by atoms with Crippen molar-refractivity contribution in [3.05, 3.63) is 53.6 Å². The molecule has 0 bridgehead atoms. The molecule has 0 amide bonds. The van der Waals surface area contributed by atoms with Crippen molar-refractivity contribution in [3.63, 3.8) is 0 Å². The summed E-state index contributed by atoms with van der Waals surface area (Å²) in [5.74, 6) is 0.477. The van der Waals surface area contributed by atoms with Crippen LogP contribution in [0.1, 0.15) is 36.3 Å². The maximum atomic E-state index is 6.09. The van der Waals surface area contributed by atoms with Crippen molar-refractivity contribution in [1.82, 2.24) is 0 Å². The van der Waals surface area contributed by atoms with Crippen LogP contribution in [0.3, 0.4) is 0 Å². The Balaban J connectivity index is 2.25. The van der Waals surface area contributed by atoms with Crippen LogP contribution in [0.2, 0.25) is 0 Å². The van der Waals surface area contributed by atoms with Crippen molar-refractivity contribution in [3.8, 4) is 0 Å². The number of anilines is 1. The van der Waals surface area contributed by atoms with Crippen molar-refractivity contribution in [2.75, 3.05) is 5.73 Å². The van der Waals surface area contributed by atoms with Crippen molar-refractivity contribution in [1.29, 1.82) is 0 Å². The standard InChI is InChI=1S/C15H19N/c1-12-9-10-14(15(16)11-12)13-7-5-3-2-4-6-8-13/h2-3,6,8-11,13H,4-5,7,16H2,1H3/b3-2-,8-6-. The number of hydrogen-bond acceptors (Lipinski definition) is 1. The molecule has 0 heterocycles. The van der Waals surface area contributed by atoms with Gasteiger partial charge in [-0.2, -0.15) is 0 Å². The van der Waals surface area contributed by atoms with E-state index in [1.54, 1.807) is 0 Å². The monoisotopic (exact) mass is 213 g/mol. The number of nitrogen functional groups attached to an aromatic ring is 1. The Kier molecular flexibility index (Phi) is 3.45. The Morgan fingerprint density at radius 2 is 2.06 bits per heavy atom. The topological polar surface area (TPSA) is 26.0 Å². The number of aryl methyl sites for hydroxylation is 1. The molecule has 1 heteroatoms. The summed E-state index contributed by atoms with van der Waals surface area (Å²) < 4.78 is 0. The first-order valence-corrected chi connectivity index (χ1v) is 5.95. The lowest BCUT2D eigenvalue weighted by molar-refractivity contribution is 0.745. The highest BCUT2D eigenvalue weighted by Crippen LogP contribution is 2.29. The predicted octanol–water partition coefficient (Wildman–Crippen LogP) is 3.96. The van der Waals surface area contributed by atoms with Crippen LogP contribution in [-0.2, 0) is 0 Å². The lowest BCUT2D eigenvalue weighted by atomic mass is 9.90. The van der Waals surface area contributed by atoms with E-state index >= 15 is 0 Å². The third-order valence-corrected chi connectivity index (χ3v) is 3.09. The molecule has 0 saturated carbocycles. The fourth-order valence-corrected chi connectivity index (χ4v) is 2.20. The van der Waals surface area contributed by atoms with Crippen LogP contribution in [-0.4, -0.2) is 0 Å². The van der Waals surface area contributed by atoms with E-state index in [-0.39, 0.29) is 0 Å². The van der Waals surface area contributed by atoms with Crippen molar-refractivity contribution in [2.24, 2.45) is 0 Å². The molecular weight excluding hydrogens is 194 g/mol. The molecule has 84 valence electrons. The van der Waals surface area contributed by atoms with Gasteiger partial charge in [0, 0.05) is 11.6 Å². The quantitative estimate of drug-likeness (QED) is 0.554. The van der Waals surface area contributed by atoms with E-state index < -0.39 is 0 Å². The van der Waals surface area contributed by atoms with Gasteiger partial charge in [0.25, 0.3) is 0 Å². The molecule has 2 rings (SSSR count). The molecular formula is C15H19N. The van der Waals surface area contributed by atoms with Gasteiger partial charge in [0.1, 0.15) is 0 Å². The summed E-state index contributed by atoms with van der Waals surface area (Å²) in [6.45, 7) is 2.08. The molecule has 0 aromatic heterocycles. The summed E-state index contributed by atoms with van der Waals surface area (Å²) >= 11 is 0. The van der Waals surface area contributed by atoms with E-state index in [0.29, 0.717) is 5.92 Å². The van der Waals surface area contributed by atoms with Crippen LogP contribution in [0, 0.1) is 6.92 Å². The van der Waals surface area contributed by atoms with E-state index in [1.165, 1.54) is 11.1 Å². The molecule has 1 aliphatic rings. The van der Waals surface area contributed by atoms with E-state index in [9.17, 15) is 0 Å². The smallest absolute Gasteiger partial charge is 0.0355 e. The van der Waals surface area contributed by atoms with Gasteiger partial charge < -0.3 is 5.73 Å². The van der Waals surface area contributed by atoms with Crippen LogP contribution in [0.25, 0.3) is 0 Å². The second kappa shape index (κ2) is 5.02. The summed E-state index contributed by atoms with van der Waals surface area (Å²) in [4.78, 5) is 0. The molecule has 1 aromatic rings. The molecule has 16 heavy (non-hydrogen) atoms. The molecule has 1 nitrogen and oxygen atoms in total. The molecule has 0 spiro atoms. The first-order valence-electron chi connectivity index (χ1n) is 5.95. The maximum absolute atomic E-state index is 6.09. The van der Waals surface area contributed by atoms with Crippen molar-refractivity contribution >= 4 is 5.69 Å². The molecule has 1 atom stereocenters. The zero-order chi connectivity index (χ0) is 11.4. The van der Waals surface area contributed by atoms with E-state index in [1.807, 2.05) is 0 Å². The Bertz CT molecular complexity index is 415. The number of hydrogen-bond donors (Lipinski definition) is 1. The van der Waals surface area contributed by atoms with Crippen LogP contribution < -0.4 is 5.73 Å². The minimum Gasteiger partial charge on any atom is -0.398 e. The maximum Gasteiger partial charge on any atom is 0.0355 e. The van der Waals surface area contributed by atoms with Crippen LogP contribution in [0.4, 0.5) is 5.69 Å². The van der Waals surface area contributed by atoms with Crippen LogP contribution >= 0.6 is 0 Å². The first-order chi connectivity index (χ1) is 7.77. The van der Waals surface area contributed by atoms with Crippen molar-refractivity contribution < 1.29 is 0 Å². The minimum atomic E-state index is 0.477. The Labute approximate surface area is 97.7 Å². The number of benzene rings is 1. The normalized spacial score (nSPS) is 24.4. The summed E-state index contributed by atoms with van der Waals surface area (Å²) in [7, 11) is 0.